The first kappa shape index (κ1) is 22.6. The van der Waals surface area contributed by atoms with Crippen molar-refractivity contribution in [2.75, 3.05) is 13.2 Å². The molecule has 1 fully saturated rings. The normalized spacial score (nSPS) is 15.9. The molecule has 5 rings (SSSR count). The van der Waals surface area contributed by atoms with Gasteiger partial charge in [0.15, 0.2) is 0 Å². The SMILES string of the molecule is Cc1noc(C)c1-c1cc(C(N)=O)c2c3ccc(CC(C)O)cc3n(CC3CCOCC3)c2c1. The largest absolute Gasteiger partial charge is 0.393 e. The summed E-state index contributed by atoms with van der Waals surface area (Å²) in [5.41, 5.74) is 12.0. The van der Waals surface area contributed by atoms with Crippen LogP contribution in [-0.4, -0.2) is 40.1 Å². The average Bonchev–Trinajstić information content (AvgIpc) is 3.29. The molecule has 7 nitrogen and oxygen atoms in total. The lowest BCUT2D eigenvalue weighted by Gasteiger charge is -2.23. The lowest BCUT2D eigenvalue weighted by molar-refractivity contribution is 0.0619. The minimum Gasteiger partial charge on any atom is -0.393 e. The number of nitrogens with two attached hydrogens (primary N) is 1. The Kier molecular flexibility index (Phi) is 5.91. The van der Waals surface area contributed by atoms with Crippen LogP contribution < -0.4 is 5.73 Å². The Morgan fingerprint density at radius 2 is 1.97 bits per heavy atom. The van der Waals surface area contributed by atoms with Crippen molar-refractivity contribution < 1.29 is 19.2 Å². The van der Waals surface area contributed by atoms with Gasteiger partial charge in [0.2, 0.25) is 5.91 Å². The first-order valence-corrected chi connectivity index (χ1v) is 11.9. The van der Waals surface area contributed by atoms with Crippen LogP contribution in [0.2, 0.25) is 0 Å². The molecular weight excluding hydrogens is 430 g/mol. The van der Waals surface area contributed by atoms with Crippen LogP contribution in [0, 0.1) is 19.8 Å². The molecular formula is C27H31N3O4. The average molecular weight is 462 g/mol. The zero-order valence-corrected chi connectivity index (χ0v) is 19.9. The Morgan fingerprint density at radius 1 is 1.21 bits per heavy atom. The van der Waals surface area contributed by atoms with Gasteiger partial charge in [0.1, 0.15) is 5.76 Å². The van der Waals surface area contributed by atoms with Crippen LogP contribution >= 0.6 is 0 Å². The number of nitrogens with zero attached hydrogens (tertiary/aromatic N) is 2. The van der Waals surface area contributed by atoms with Gasteiger partial charge in [-0.05, 0) is 75.3 Å². The minimum absolute atomic E-state index is 0.432. The zero-order chi connectivity index (χ0) is 24.0. The number of amides is 1. The predicted octanol–water partition coefficient (Wildman–Crippen LogP) is 4.52. The molecule has 0 saturated carbocycles. The number of ether oxygens (including phenoxy) is 1. The van der Waals surface area contributed by atoms with Gasteiger partial charge in [-0.3, -0.25) is 4.79 Å². The number of aryl methyl sites for hydroxylation is 2. The Balaban J connectivity index is 1.81. The fourth-order valence-electron chi connectivity index (χ4n) is 5.35. The number of primary amides is 1. The summed E-state index contributed by atoms with van der Waals surface area (Å²) in [6.07, 6.45) is 2.14. The highest BCUT2D eigenvalue weighted by Gasteiger charge is 2.23. The van der Waals surface area contributed by atoms with Crippen molar-refractivity contribution in [2.45, 2.75) is 52.7 Å². The molecule has 1 atom stereocenters. The topological polar surface area (TPSA) is 104 Å². The van der Waals surface area contributed by atoms with E-state index in [9.17, 15) is 9.90 Å². The maximum Gasteiger partial charge on any atom is 0.249 e. The molecule has 1 amide bonds. The van der Waals surface area contributed by atoms with Crippen LogP contribution in [0.3, 0.4) is 0 Å². The van der Waals surface area contributed by atoms with Gasteiger partial charge in [0.05, 0.1) is 17.3 Å². The first-order chi connectivity index (χ1) is 16.3. The number of aliphatic hydroxyl groups is 1. The molecule has 0 bridgehead atoms. The standard InChI is InChI=1S/C27H31N3O4/c1-15(31)10-19-4-5-21-23(11-19)30(14-18-6-8-33-9-7-18)24-13-20(12-22(26(21)24)27(28)32)25-16(2)29-34-17(25)3/h4-5,11-13,15,18,31H,6-10,14H2,1-3H3,(H2,28,32). The molecule has 1 aliphatic rings. The van der Waals surface area contributed by atoms with E-state index in [1.54, 1.807) is 6.92 Å². The van der Waals surface area contributed by atoms with Gasteiger partial charge in [-0.1, -0.05) is 17.3 Å². The zero-order valence-electron chi connectivity index (χ0n) is 19.9. The van der Waals surface area contributed by atoms with E-state index in [0.717, 1.165) is 76.8 Å². The Morgan fingerprint density at radius 3 is 2.62 bits per heavy atom. The van der Waals surface area contributed by atoms with Crippen LogP contribution in [0.25, 0.3) is 32.9 Å². The summed E-state index contributed by atoms with van der Waals surface area (Å²) in [5, 5.41) is 15.9. The van der Waals surface area contributed by atoms with Gasteiger partial charge < -0.3 is 24.7 Å². The van der Waals surface area contributed by atoms with Crippen LogP contribution in [-0.2, 0) is 17.7 Å². The third-order valence-electron chi connectivity index (χ3n) is 6.93. The van der Waals surface area contributed by atoms with Gasteiger partial charge in [-0.15, -0.1) is 0 Å². The number of hydrogen-bond donors (Lipinski definition) is 2. The second-order valence-electron chi connectivity index (χ2n) is 9.55. The van der Waals surface area contributed by atoms with E-state index in [4.69, 9.17) is 15.0 Å². The molecule has 1 unspecified atom stereocenters. The first-order valence-electron chi connectivity index (χ1n) is 11.9. The van der Waals surface area contributed by atoms with E-state index >= 15 is 0 Å². The lowest BCUT2D eigenvalue weighted by Crippen LogP contribution is -2.20. The number of carbonyl (C=O) groups excluding carboxylic acids is 1. The molecule has 2 aromatic heterocycles. The van der Waals surface area contributed by atoms with Crippen LogP contribution in [0.4, 0.5) is 0 Å². The Labute approximate surface area is 198 Å². The summed E-state index contributed by atoms with van der Waals surface area (Å²) >= 11 is 0. The molecule has 7 heteroatoms. The fourth-order valence-corrected chi connectivity index (χ4v) is 5.35. The van der Waals surface area contributed by atoms with E-state index in [2.05, 4.69) is 27.9 Å². The highest BCUT2D eigenvalue weighted by Crippen LogP contribution is 2.38. The number of fused-ring (bicyclic) bond motifs is 3. The molecule has 0 radical (unpaired) electrons. The molecule has 4 aromatic rings. The van der Waals surface area contributed by atoms with Crippen molar-refractivity contribution >= 4 is 27.7 Å². The molecule has 0 aliphatic carbocycles. The monoisotopic (exact) mass is 461 g/mol. The van der Waals surface area contributed by atoms with Crippen molar-refractivity contribution in [3.05, 3.63) is 52.9 Å². The number of carbonyl (C=O) groups is 1. The number of aromatic nitrogens is 2. The minimum atomic E-state index is -0.461. The van der Waals surface area contributed by atoms with Gasteiger partial charge in [-0.2, -0.15) is 0 Å². The molecule has 178 valence electrons. The van der Waals surface area contributed by atoms with Gasteiger partial charge in [0.25, 0.3) is 0 Å². The molecule has 34 heavy (non-hydrogen) atoms. The number of hydrogen-bond acceptors (Lipinski definition) is 5. The summed E-state index contributed by atoms with van der Waals surface area (Å²) in [5.74, 6) is 0.725. The van der Waals surface area contributed by atoms with Crippen molar-refractivity contribution in [3.8, 4) is 11.1 Å². The van der Waals surface area contributed by atoms with Crippen LogP contribution in [0.15, 0.2) is 34.9 Å². The summed E-state index contributed by atoms with van der Waals surface area (Å²) in [6, 6.07) is 10.2. The number of benzene rings is 2. The maximum absolute atomic E-state index is 12.7. The number of rotatable bonds is 6. The summed E-state index contributed by atoms with van der Waals surface area (Å²) < 4.78 is 13.3. The third-order valence-corrected chi connectivity index (χ3v) is 6.93. The van der Waals surface area contributed by atoms with E-state index < -0.39 is 12.0 Å². The van der Waals surface area contributed by atoms with E-state index in [1.165, 1.54) is 0 Å². The second-order valence-corrected chi connectivity index (χ2v) is 9.55. The van der Waals surface area contributed by atoms with E-state index in [0.29, 0.717) is 23.7 Å². The second kappa shape index (κ2) is 8.89. The molecule has 3 heterocycles. The van der Waals surface area contributed by atoms with Crippen molar-refractivity contribution in [1.29, 1.82) is 0 Å². The smallest absolute Gasteiger partial charge is 0.249 e. The number of aliphatic hydroxyl groups excluding tert-OH is 1. The van der Waals surface area contributed by atoms with Gasteiger partial charge in [0, 0.05) is 47.2 Å². The molecule has 1 saturated heterocycles. The molecule has 2 aromatic carbocycles. The van der Waals surface area contributed by atoms with Crippen molar-refractivity contribution in [1.82, 2.24) is 9.72 Å². The molecule has 1 aliphatic heterocycles. The fraction of sp³-hybridized carbons (Fsp3) is 0.407. The molecule has 3 N–H and O–H groups in total. The van der Waals surface area contributed by atoms with Gasteiger partial charge >= 0.3 is 0 Å². The predicted molar refractivity (Wildman–Crippen MR) is 132 cm³/mol. The van der Waals surface area contributed by atoms with Crippen LogP contribution in [0.1, 0.15) is 47.1 Å². The summed E-state index contributed by atoms with van der Waals surface area (Å²) in [7, 11) is 0. The van der Waals surface area contributed by atoms with Crippen LogP contribution in [0.5, 0.6) is 0 Å². The molecule has 0 spiro atoms. The van der Waals surface area contributed by atoms with Crippen molar-refractivity contribution in [2.24, 2.45) is 11.7 Å². The quantitative estimate of drug-likeness (QED) is 0.440. The van der Waals surface area contributed by atoms with E-state index in [1.807, 2.05) is 26.0 Å². The van der Waals surface area contributed by atoms with Gasteiger partial charge in [-0.25, -0.2) is 0 Å². The lowest BCUT2D eigenvalue weighted by atomic mass is 9.97. The summed E-state index contributed by atoms with van der Waals surface area (Å²) in [6.45, 7) is 7.94. The third kappa shape index (κ3) is 3.99. The Hall–Kier alpha value is -3.16. The Bertz CT molecular complexity index is 1360. The van der Waals surface area contributed by atoms with Crippen molar-refractivity contribution in [3.63, 3.8) is 0 Å². The summed E-state index contributed by atoms with van der Waals surface area (Å²) in [4.78, 5) is 12.7. The highest BCUT2D eigenvalue weighted by molar-refractivity contribution is 6.19. The maximum atomic E-state index is 12.7. The van der Waals surface area contributed by atoms with E-state index in [-0.39, 0.29) is 0 Å². The highest BCUT2D eigenvalue weighted by atomic mass is 16.5.